The molecule has 0 fully saturated rings. The summed E-state index contributed by atoms with van der Waals surface area (Å²) in [5, 5.41) is 0. The summed E-state index contributed by atoms with van der Waals surface area (Å²) in [6.45, 7) is 1.69. The molecule has 4 heteroatoms. The van der Waals surface area contributed by atoms with Crippen molar-refractivity contribution in [1.82, 2.24) is 0 Å². The fourth-order valence-corrected chi connectivity index (χ4v) is 1.56. The predicted octanol–water partition coefficient (Wildman–Crippen LogP) is 2.54. The molecule has 1 heterocycles. The molecule has 2 nitrogen and oxygen atoms in total. The van der Waals surface area contributed by atoms with Gasteiger partial charge in [-0.25, -0.2) is 8.78 Å². The Labute approximate surface area is 85.2 Å². The standard InChI is InChI=1S/C11H8F2O2/c1-6-7(4-14)5-15-11-9(6)2-8(12)3-10(11)13/h2-6H,1H3. The zero-order valence-electron chi connectivity index (χ0n) is 7.96. The van der Waals surface area contributed by atoms with E-state index in [9.17, 15) is 13.6 Å². The molecule has 0 bridgehead atoms. The Morgan fingerprint density at radius 2 is 2.13 bits per heavy atom. The molecule has 78 valence electrons. The molecular weight excluding hydrogens is 202 g/mol. The summed E-state index contributed by atoms with van der Waals surface area (Å²) in [6, 6.07) is 1.94. The van der Waals surface area contributed by atoms with E-state index in [-0.39, 0.29) is 11.7 Å². The van der Waals surface area contributed by atoms with Crippen LogP contribution >= 0.6 is 0 Å². The van der Waals surface area contributed by atoms with Crippen LogP contribution in [0.2, 0.25) is 0 Å². The van der Waals surface area contributed by atoms with E-state index in [4.69, 9.17) is 4.74 Å². The van der Waals surface area contributed by atoms with E-state index >= 15 is 0 Å². The van der Waals surface area contributed by atoms with E-state index in [1.165, 1.54) is 12.3 Å². The smallest absolute Gasteiger partial charge is 0.168 e. The van der Waals surface area contributed by atoms with Gasteiger partial charge in [0.2, 0.25) is 0 Å². The van der Waals surface area contributed by atoms with Crippen molar-refractivity contribution in [2.45, 2.75) is 12.8 Å². The lowest BCUT2D eigenvalue weighted by atomic mass is 9.92. The zero-order valence-corrected chi connectivity index (χ0v) is 7.96. The highest BCUT2D eigenvalue weighted by Crippen LogP contribution is 2.37. The van der Waals surface area contributed by atoms with E-state index < -0.39 is 11.6 Å². The first kappa shape index (κ1) is 9.83. The van der Waals surface area contributed by atoms with Gasteiger partial charge in [-0.3, -0.25) is 4.79 Å². The Morgan fingerprint density at radius 1 is 1.40 bits per heavy atom. The van der Waals surface area contributed by atoms with Crippen molar-refractivity contribution in [2.24, 2.45) is 0 Å². The molecule has 1 unspecified atom stereocenters. The first-order valence-electron chi connectivity index (χ1n) is 4.44. The van der Waals surface area contributed by atoms with Crippen LogP contribution in [0.1, 0.15) is 18.4 Å². The number of benzene rings is 1. The van der Waals surface area contributed by atoms with E-state index in [2.05, 4.69) is 0 Å². The second-order valence-electron chi connectivity index (χ2n) is 3.38. The molecule has 15 heavy (non-hydrogen) atoms. The number of allylic oxidation sites excluding steroid dienone is 1. The highest BCUT2D eigenvalue weighted by molar-refractivity contribution is 5.76. The highest BCUT2D eigenvalue weighted by atomic mass is 19.1. The summed E-state index contributed by atoms with van der Waals surface area (Å²) in [5.41, 5.74) is 0.726. The molecule has 1 aliphatic heterocycles. The molecule has 2 rings (SSSR count). The van der Waals surface area contributed by atoms with Gasteiger partial charge in [0, 0.05) is 23.1 Å². The van der Waals surface area contributed by atoms with Crippen LogP contribution in [0.4, 0.5) is 8.78 Å². The van der Waals surface area contributed by atoms with Crippen LogP contribution in [0.15, 0.2) is 24.0 Å². The lowest BCUT2D eigenvalue weighted by Crippen LogP contribution is -2.10. The average Bonchev–Trinajstić information content (AvgIpc) is 2.19. The molecular formula is C11H8F2O2. The summed E-state index contributed by atoms with van der Waals surface area (Å²) in [7, 11) is 0. The van der Waals surface area contributed by atoms with Crippen LogP contribution < -0.4 is 4.74 Å². The number of halogens is 2. The lowest BCUT2D eigenvalue weighted by molar-refractivity contribution is -0.105. The minimum absolute atomic E-state index is 0.00509. The quantitative estimate of drug-likeness (QED) is 0.666. The van der Waals surface area contributed by atoms with Crippen LogP contribution in [-0.2, 0) is 4.79 Å². The Kier molecular flexibility index (Phi) is 2.26. The lowest BCUT2D eigenvalue weighted by Gasteiger charge is -2.21. The number of rotatable bonds is 1. The number of hydrogen-bond acceptors (Lipinski definition) is 2. The number of carbonyl (C=O) groups excluding carboxylic acids is 1. The number of ether oxygens (including phenoxy) is 1. The van der Waals surface area contributed by atoms with Crippen LogP contribution in [0.25, 0.3) is 0 Å². The zero-order chi connectivity index (χ0) is 11.0. The monoisotopic (exact) mass is 210 g/mol. The van der Waals surface area contributed by atoms with Gasteiger partial charge in [0.1, 0.15) is 12.1 Å². The molecule has 0 saturated heterocycles. The first-order chi connectivity index (χ1) is 7.13. The third-order valence-corrected chi connectivity index (χ3v) is 2.45. The largest absolute Gasteiger partial charge is 0.461 e. The van der Waals surface area contributed by atoms with E-state index in [1.807, 2.05) is 0 Å². The minimum atomic E-state index is -0.752. The Bertz CT molecular complexity index is 452. The van der Waals surface area contributed by atoms with Crippen molar-refractivity contribution in [3.63, 3.8) is 0 Å². The van der Waals surface area contributed by atoms with Crippen LogP contribution in [0, 0.1) is 11.6 Å². The van der Waals surface area contributed by atoms with Gasteiger partial charge in [-0.05, 0) is 6.07 Å². The predicted molar refractivity (Wildman–Crippen MR) is 49.5 cm³/mol. The van der Waals surface area contributed by atoms with Crippen molar-refractivity contribution < 1.29 is 18.3 Å². The topological polar surface area (TPSA) is 26.3 Å². The van der Waals surface area contributed by atoms with Crippen molar-refractivity contribution in [3.8, 4) is 5.75 Å². The second kappa shape index (κ2) is 3.46. The molecule has 0 spiro atoms. The fourth-order valence-electron chi connectivity index (χ4n) is 1.56. The molecule has 0 amide bonds. The first-order valence-corrected chi connectivity index (χ1v) is 4.44. The second-order valence-corrected chi connectivity index (χ2v) is 3.38. The van der Waals surface area contributed by atoms with Crippen molar-refractivity contribution in [3.05, 3.63) is 41.2 Å². The summed E-state index contributed by atoms with van der Waals surface area (Å²) in [4.78, 5) is 10.6. The third kappa shape index (κ3) is 1.52. The number of hydrogen-bond donors (Lipinski definition) is 0. The van der Waals surface area contributed by atoms with Crippen molar-refractivity contribution in [2.75, 3.05) is 0 Å². The molecule has 1 atom stereocenters. The number of fused-ring (bicyclic) bond motifs is 1. The van der Waals surface area contributed by atoms with Crippen LogP contribution in [-0.4, -0.2) is 6.29 Å². The fraction of sp³-hybridized carbons (Fsp3) is 0.182. The minimum Gasteiger partial charge on any atom is -0.461 e. The summed E-state index contributed by atoms with van der Waals surface area (Å²) in [6.07, 6.45) is 1.82. The Morgan fingerprint density at radius 3 is 2.80 bits per heavy atom. The van der Waals surface area contributed by atoms with Crippen LogP contribution in [0.3, 0.4) is 0 Å². The maximum atomic E-state index is 13.3. The molecule has 1 aromatic rings. The normalized spacial score (nSPS) is 18.9. The van der Waals surface area contributed by atoms with Gasteiger partial charge in [-0.15, -0.1) is 0 Å². The molecule has 0 radical (unpaired) electrons. The molecule has 1 aliphatic rings. The van der Waals surface area contributed by atoms with Gasteiger partial charge in [-0.2, -0.15) is 0 Å². The van der Waals surface area contributed by atoms with E-state index in [1.54, 1.807) is 6.92 Å². The maximum Gasteiger partial charge on any atom is 0.168 e. The van der Waals surface area contributed by atoms with Crippen LogP contribution in [0.5, 0.6) is 5.75 Å². The molecule has 0 aliphatic carbocycles. The molecule has 0 saturated carbocycles. The summed E-state index contributed by atoms with van der Waals surface area (Å²) in [5.74, 6) is -1.78. The Balaban J connectivity index is 2.57. The van der Waals surface area contributed by atoms with Gasteiger partial charge >= 0.3 is 0 Å². The Hall–Kier alpha value is -1.71. The van der Waals surface area contributed by atoms with Crippen molar-refractivity contribution in [1.29, 1.82) is 0 Å². The molecule has 1 aromatic carbocycles. The van der Waals surface area contributed by atoms with E-state index in [0.29, 0.717) is 17.4 Å². The average molecular weight is 210 g/mol. The summed E-state index contributed by atoms with van der Waals surface area (Å²) >= 11 is 0. The van der Waals surface area contributed by atoms with Gasteiger partial charge in [-0.1, -0.05) is 6.92 Å². The summed E-state index contributed by atoms with van der Waals surface area (Å²) < 4.78 is 31.2. The van der Waals surface area contributed by atoms with Gasteiger partial charge in [0.05, 0.1) is 6.26 Å². The number of carbonyl (C=O) groups is 1. The third-order valence-electron chi connectivity index (χ3n) is 2.45. The van der Waals surface area contributed by atoms with Crippen molar-refractivity contribution >= 4 is 6.29 Å². The maximum absolute atomic E-state index is 13.3. The highest BCUT2D eigenvalue weighted by Gasteiger charge is 2.24. The van der Waals surface area contributed by atoms with E-state index in [0.717, 1.165) is 6.07 Å². The van der Waals surface area contributed by atoms with Gasteiger partial charge in [0.15, 0.2) is 11.6 Å². The van der Waals surface area contributed by atoms with Gasteiger partial charge in [0.25, 0.3) is 0 Å². The van der Waals surface area contributed by atoms with Gasteiger partial charge < -0.3 is 4.74 Å². The molecule has 0 N–H and O–H groups in total. The number of aldehydes is 1. The molecule has 0 aromatic heterocycles. The SMILES string of the molecule is CC1C(C=O)=COc2c(F)cc(F)cc21.